The number of nitrogens with zero attached hydrogens (tertiary/aromatic N) is 4. The topological polar surface area (TPSA) is 72.3 Å². The lowest BCUT2D eigenvalue weighted by Crippen LogP contribution is -2.38. The fourth-order valence-corrected chi connectivity index (χ4v) is 4.37. The highest BCUT2D eigenvalue weighted by Gasteiger charge is 2.25. The number of hydrogen-bond acceptors (Lipinski definition) is 5. The highest BCUT2D eigenvalue weighted by atomic mass is 16.5. The Bertz CT molecular complexity index is 855. The molecule has 0 bridgehead atoms. The van der Waals surface area contributed by atoms with Crippen molar-refractivity contribution >= 4 is 5.91 Å². The van der Waals surface area contributed by atoms with Gasteiger partial charge in [-0.3, -0.25) is 19.4 Å². The second-order valence-electron chi connectivity index (χ2n) is 8.09. The summed E-state index contributed by atoms with van der Waals surface area (Å²) in [7, 11) is 0. The molecule has 0 saturated carbocycles. The minimum atomic E-state index is -0.0673. The minimum Gasteiger partial charge on any atom is -0.376 e. The zero-order chi connectivity index (χ0) is 20.2. The summed E-state index contributed by atoms with van der Waals surface area (Å²) in [5.41, 5.74) is 5.29. The van der Waals surface area contributed by atoms with E-state index in [1.54, 1.807) is 6.20 Å². The molecule has 0 aromatic carbocycles. The lowest BCUT2D eigenvalue weighted by Gasteiger charge is -2.31. The number of aromatic nitrogens is 3. The van der Waals surface area contributed by atoms with Gasteiger partial charge in [0.15, 0.2) is 0 Å². The second kappa shape index (κ2) is 9.05. The highest BCUT2D eigenvalue weighted by Crippen LogP contribution is 2.24. The van der Waals surface area contributed by atoms with Gasteiger partial charge in [0.1, 0.15) is 5.69 Å². The average molecular weight is 398 g/mol. The monoisotopic (exact) mass is 397 g/mol. The van der Waals surface area contributed by atoms with Gasteiger partial charge in [-0.1, -0.05) is 6.07 Å². The standard InChI is InChI=1S/C22H31N5O2/c1-3-27-20-8-12-29-15-18(20)19(25-27)14-26-10-6-17(7-11-26)13-24-22(28)21-16(2)5-4-9-23-21/h4-5,9,17H,3,6-8,10-15H2,1-2H3,(H,24,28). The summed E-state index contributed by atoms with van der Waals surface area (Å²) < 4.78 is 7.83. The average Bonchev–Trinajstić information content (AvgIpc) is 3.11. The van der Waals surface area contributed by atoms with Crippen LogP contribution in [0.15, 0.2) is 18.3 Å². The number of hydrogen-bond donors (Lipinski definition) is 1. The number of nitrogens with one attached hydrogen (secondary N) is 1. The van der Waals surface area contributed by atoms with Gasteiger partial charge >= 0.3 is 0 Å². The number of pyridine rings is 1. The van der Waals surface area contributed by atoms with Crippen molar-refractivity contribution in [3.63, 3.8) is 0 Å². The first-order chi connectivity index (χ1) is 14.2. The number of amides is 1. The zero-order valence-corrected chi connectivity index (χ0v) is 17.5. The van der Waals surface area contributed by atoms with Crippen molar-refractivity contribution in [2.45, 2.75) is 52.8 Å². The fourth-order valence-electron chi connectivity index (χ4n) is 4.37. The van der Waals surface area contributed by atoms with Gasteiger partial charge in [0.2, 0.25) is 0 Å². The maximum atomic E-state index is 12.4. The first-order valence-corrected chi connectivity index (χ1v) is 10.7. The molecule has 1 amide bonds. The summed E-state index contributed by atoms with van der Waals surface area (Å²) in [6.45, 7) is 10.2. The van der Waals surface area contributed by atoms with E-state index in [9.17, 15) is 4.79 Å². The van der Waals surface area contributed by atoms with E-state index in [2.05, 4.69) is 26.8 Å². The number of ether oxygens (including phenoxy) is 1. The lowest BCUT2D eigenvalue weighted by atomic mass is 9.96. The van der Waals surface area contributed by atoms with Crippen molar-refractivity contribution in [3.05, 3.63) is 46.5 Å². The molecule has 7 heteroatoms. The van der Waals surface area contributed by atoms with E-state index in [-0.39, 0.29) is 5.91 Å². The summed E-state index contributed by atoms with van der Waals surface area (Å²) in [6, 6.07) is 3.78. The first-order valence-electron chi connectivity index (χ1n) is 10.7. The lowest BCUT2D eigenvalue weighted by molar-refractivity contribution is 0.0928. The molecule has 0 aliphatic carbocycles. The number of likely N-dealkylation sites (tertiary alicyclic amines) is 1. The van der Waals surface area contributed by atoms with E-state index in [1.165, 1.54) is 17.0 Å². The molecule has 1 saturated heterocycles. The van der Waals surface area contributed by atoms with E-state index in [1.807, 2.05) is 19.1 Å². The molecule has 4 heterocycles. The Balaban J connectivity index is 1.27. The number of carbonyl (C=O) groups is 1. The normalized spacial score (nSPS) is 17.9. The van der Waals surface area contributed by atoms with E-state index >= 15 is 0 Å². The summed E-state index contributed by atoms with van der Waals surface area (Å²) in [4.78, 5) is 19.1. The van der Waals surface area contributed by atoms with Crippen molar-refractivity contribution < 1.29 is 9.53 Å². The van der Waals surface area contributed by atoms with Gasteiger partial charge in [-0.05, 0) is 57.3 Å². The fraction of sp³-hybridized carbons (Fsp3) is 0.591. The van der Waals surface area contributed by atoms with Crippen molar-refractivity contribution in [3.8, 4) is 0 Å². The Kier molecular flexibility index (Phi) is 6.25. The molecule has 2 aliphatic rings. The van der Waals surface area contributed by atoms with E-state index < -0.39 is 0 Å². The summed E-state index contributed by atoms with van der Waals surface area (Å²) in [5, 5.41) is 7.93. The number of fused-ring (bicyclic) bond motifs is 1. The quantitative estimate of drug-likeness (QED) is 0.810. The van der Waals surface area contributed by atoms with E-state index in [0.717, 1.165) is 64.2 Å². The van der Waals surface area contributed by atoms with Crippen LogP contribution in [0.4, 0.5) is 0 Å². The van der Waals surface area contributed by atoms with Crippen LogP contribution >= 0.6 is 0 Å². The molecule has 1 fully saturated rings. The molecule has 0 atom stereocenters. The predicted octanol–water partition coefficient (Wildman–Crippen LogP) is 2.32. The SMILES string of the molecule is CCn1nc(CN2CCC(CNC(=O)c3ncccc3C)CC2)c2c1CCOC2. The molecule has 2 aliphatic heterocycles. The first kappa shape index (κ1) is 20.0. The summed E-state index contributed by atoms with van der Waals surface area (Å²) >= 11 is 0. The van der Waals surface area contributed by atoms with Gasteiger partial charge in [-0.25, -0.2) is 0 Å². The van der Waals surface area contributed by atoms with E-state index in [4.69, 9.17) is 9.84 Å². The molecule has 2 aromatic heterocycles. The molecule has 0 radical (unpaired) electrons. The molecule has 0 unspecified atom stereocenters. The van der Waals surface area contributed by atoms with Crippen molar-refractivity contribution in [2.24, 2.45) is 5.92 Å². The van der Waals surface area contributed by atoms with E-state index in [0.29, 0.717) is 18.2 Å². The summed E-state index contributed by atoms with van der Waals surface area (Å²) in [6.07, 6.45) is 4.82. The van der Waals surface area contributed by atoms with Crippen LogP contribution in [0.25, 0.3) is 0 Å². The Morgan fingerprint density at radius 3 is 2.93 bits per heavy atom. The van der Waals surface area contributed by atoms with Gasteiger partial charge in [-0.2, -0.15) is 5.10 Å². The van der Waals surface area contributed by atoms with Crippen LogP contribution in [-0.2, 0) is 30.9 Å². The molecule has 2 aromatic rings. The van der Waals surface area contributed by atoms with Gasteiger partial charge in [-0.15, -0.1) is 0 Å². The van der Waals surface area contributed by atoms with Gasteiger partial charge in [0.25, 0.3) is 5.91 Å². The van der Waals surface area contributed by atoms with Crippen molar-refractivity contribution in [1.29, 1.82) is 0 Å². The van der Waals surface area contributed by atoms with Crippen LogP contribution in [0, 0.1) is 12.8 Å². The molecule has 29 heavy (non-hydrogen) atoms. The molecule has 4 rings (SSSR count). The number of rotatable bonds is 6. The maximum absolute atomic E-state index is 12.4. The number of carbonyl (C=O) groups excluding carboxylic acids is 1. The Morgan fingerprint density at radius 2 is 2.17 bits per heavy atom. The van der Waals surface area contributed by atoms with Crippen molar-refractivity contribution in [2.75, 3.05) is 26.2 Å². The Labute approximate surface area is 172 Å². The van der Waals surface area contributed by atoms with Gasteiger partial charge < -0.3 is 10.1 Å². The Hall–Kier alpha value is -2.25. The summed E-state index contributed by atoms with van der Waals surface area (Å²) in [5.74, 6) is 0.451. The molecule has 7 nitrogen and oxygen atoms in total. The molecule has 1 N–H and O–H groups in total. The zero-order valence-electron chi connectivity index (χ0n) is 17.5. The minimum absolute atomic E-state index is 0.0673. The second-order valence-corrected chi connectivity index (χ2v) is 8.09. The number of aryl methyl sites for hydroxylation is 2. The van der Waals surface area contributed by atoms with Gasteiger partial charge in [0.05, 0.1) is 18.9 Å². The van der Waals surface area contributed by atoms with Crippen molar-refractivity contribution in [1.82, 2.24) is 25.0 Å². The largest absolute Gasteiger partial charge is 0.376 e. The van der Waals surface area contributed by atoms with Crippen LogP contribution in [-0.4, -0.2) is 51.8 Å². The third-order valence-electron chi connectivity index (χ3n) is 6.14. The predicted molar refractivity (Wildman–Crippen MR) is 111 cm³/mol. The van der Waals surface area contributed by atoms with Crippen LogP contribution < -0.4 is 5.32 Å². The third-order valence-corrected chi connectivity index (χ3v) is 6.14. The molecule has 0 spiro atoms. The van der Waals surface area contributed by atoms with Crippen LogP contribution in [0.5, 0.6) is 0 Å². The molecular weight excluding hydrogens is 366 g/mol. The molecule has 156 valence electrons. The van der Waals surface area contributed by atoms with Gasteiger partial charge in [0, 0.05) is 43.5 Å². The molecular formula is C22H31N5O2. The van der Waals surface area contributed by atoms with Crippen LogP contribution in [0.3, 0.4) is 0 Å². The van der Waals surface area contributed by atoms with Crippen LogP contribution in [0.1, 0.15) is 52.8 Å². The maximum Gasteiger partial charge on any atom is 0.270 e. The Morgan fingerprint density at radius 1 is 1.34 bits per heavy atom. The third kappa shape index (κ3) is 4.51. The highest BCUT2D eigenvalue weighted by molar-refractivity contribution is 5.93. The smallest absolute Gasteiger partial charge is 0.270 e. The van der Waals surface area contributed by atoms with Crippen LogP contribution in [0.2, 0.25) is 0 Å². The number of piperidine rings is 1.